The zero-order valence-electron chi connectivity index (χ0n) is 15.7. The maximum Gasteiger partial charge on any atom is 0.236 e. The molecule has 0 spiro atoms. The molecular weight excluding hydrogens is 428 g/mol. The zero-order valence-corrected chi connectivity index (χ0v) is 18.0. The van der Waals surface area contributed by atoms with Gasteiger partial charge in [-0.15, -0.1) is 11.3 Å². The van der Waals surface area contributed by atoms with Crippen LogP contribution < -0.4 is 10.6 Å². The van der Waals surface area contributed by atoms with Crippen LogP contribution in [0.25, 0.3) is 0 Å². The number of thioether (sulfide) groups is 1. The summed E-state index contributed by atoms with van der Waals surface area (Å²) in [6.45, 7) is 3.25. The summed E-state index contributed by atoms with van der Waals surface area (Å²) in [6, 6.07) is 9.37. The molecule has 29 heavy (non-hydrogen) atoms. The van der Waals surface area contributed by atoms with E-state index in [2.05, 4.69) is 21.7 Å². The number of nitrogens with zero attached hydrogens (tertiary/aromatic N) is 2. The Morgan fingerprint density at radius 3 is 2.79 bits per heavy atom. The van der Waals surface area contributed by atoms with Crippen molar-refractivity contribution in [3.63, 3.8) is 0 Å². The maximum absolute atomic E-state index is 12.4. The van der Waals surface area contributed by atoms with Gasteiger partial charge in [0.25, 0.3) is 0 Å². The van der Waals surface area contributed by atoms with Gasteiger partial charge in [-0.2, -0.15) is 5.26 Å². The van der Waals surface area contributed by atoms with E-state index in [0.717, 1.165) is 0 Å². The Labute approximate surface area is 181 Å². The highest BCUT2D eigenvalue weighted by atomic mass is 35.5. The third kappa shape index (κ3) is 4.70. The maximum atomic E-state index is 12.4. The van der Waals surface area contributed by atoms with E-state index in [9.17, 15) is 14.9 Å². The minimum absolute atomic E-state index is 0.0883. The lowest BCUT2D eigenvalue weighted by Gasteiger charge is -2.29. The molecule has 1 aromatic carbocycles. The number of rotatable bonds is 6. The first-order valence-electron chi connectivity index (χ1n) is 8.62. The Morgan fingerprint density at radius 1 is 1.41 bits per heavy atom. The van der Waals surface area contributed by atoms with Crippen LogP contribution in [0.2, 0.25) is 5.02 Å². The van der Waals surface area contributed by atoms with Crippen molar-refractivity contribution in [3.8, 4) is 6.07 Å². The van der Waals surface area contributed by atoms with Crippen LogP contribution in [0.1, 0.15) is 25.3 Å². The number of Topliss-reactive ketones (excluding diaryl/α,β-unsaturated/α-hetero) is 1. The van der Waals surface area contributed by atoms with E-state index in [0.29, 0.717) is 37.6 Å². The highest BCUT2D eigenvalue weighted by Gasteiger charge is 2.34. The van der Waals surface area contributed by atoms with Gasteiger partial charge in [-0.05, 0) is 25.5 Å². The molecule has 2 aromatic rings. The summed E-state index contributed by atoms with van der Waals surface area (Å²) in [6.07, 6.45) is 1.61. The third-order valence-corrected chi connectivity index (χ3v) is 6.32. The normalized spacial score (nSPS) is 16.3. The molecular formula is C20H17ClN4O2S2. The molecule has 1 atom stereocenters. The Kier molecular flexibility index (Phi) is 6.75. The van der Waals surface area contributed by atoms with Crippen LogP contribution in [0, 0.1) is 11.3 Å². The number of thiazole rings is 1. The Hall–Kier alpha value is -2.60. The van der Waals surface area contributed by atoms with Crippen molar-refractivity contribution in [2.45, 2.75) is 19.8 Å². The zero-order chi connectivity index (χ0) is 21.0. The Bertz CT molecular complexity index is 1050. The molecule has 9 heteroatoms. The summed E-state index contributed by atoms with van der Waals surface area (Å²) in [5.74, 6) is -0.870. The number of allylic oxidation sites excluding steroid dienone is 3. The molecule has 1 aromatic heterocycles. The van der Waals surface area contributed by atoms with E-state index in [1.54, 1.807) is 30.6 Å². The van der Waals surface area contributed by atoms with Gasteiger partial charge in [-0.25, -0.2) is 4.98 Å². The van der Waals surface area contributed by atoms with Gasteiger partial charge in [0.2, 0.25) is 5.91 Å². The van der Waals surface area contributed by atoms with E-state index >= 15 is 0 Å². The van der Waals surface area contributed by atoms with Crippen LogP contribution in [0.4, 0.5) is 5.13 Å². The van der Waals surface area contributed by atoms with Crippen molar-refractivity contribution in [1.82, 2.24) is 10.3 Å². The summed E-state index contributed by atoms with van der Waals surface area (Å²) in [4.78, 5) is 28.6. The predicted octanol–water partition coefficient (Wildman–Crippen LogP) is 4.45. The van der Waals surface area contributed by atoms with Crippen molar-refractivity contribution < 1.29 is 9.59 Å². The molecule has 0 radical (unpaired) electrons. The summed E-state index contributed by atoms with van der Waals surface area (Å²) in [5, 5.41) is 19.0. The van der Waals surface area contributed by atoms with Crippen molar-refractivity contribution in [1.29, 1.82) is 5.26 Å². The van der Waals surface area contributed by atoms with Crippen LogP contribution in [0.3, 0.4) is 0 Å². The molecule has 3 rings (SSSR count). The first-order valence-corrected chi connectivity index (χ1v) is 10.9. The number of hydrogen-bond acceptors (Lipinski definition) is 7. The summed E-state index contributed by atoms with van der Waals surface area (Å²) >= 11 is 8.92. The average molecular weight is 445 g/mol. The molecule has 0 saturated heterocycles. The van der Waals surface area contributed by atoms with Crippen molar-refractivity contribution in [2.75, 3.05) is 11.1 Å². The van der Waals surface area contributed by atoms with Crippen LogP contribution in [0.5, 0.6) is 0 Å². The topological polar surface area (TPSA) is 94.9 Å². The first-order chi connectivity index (χ1) is 13.9. The smallest absolute Gasteiger partial charge is 0.236 e. The van der Waals surface area contributed by atoms with E-state index in [4.69, 9.17) is 11.6 Å². The third-order valence-electron chi connectivity index (χ3n) is 4.27. The number of amides is 1. The number of nitriles is 1. The standard InChI is InChI=1S/C20H17ClN4O2S2/c1-11-17(12(2)26)18(13-5-3-4-6-15(13)21)14(9-22)19(24-11)29-10-16(27)25-20-23-7-8-28-20/h3-8,18,24H,10H2,1-2H3,(H,23,25,27)/t18-/m0/s1. The summed E-state index contributed by atoms with van der Waals surface area (Å²) in [5.41, 5.74) is 2.18. The number of hydrogen-bond donors (Lipinski definition) is 2. The fraction of sp³-hybridized carbons (Fsp3) is 0.200. The molecule has 6 nitrogen and oxygen atoms in total. The van der Waals surface area contributed by atoms with Crippen LogP contribution in [-0.4, -0.2) is 22.4 Å². The number of dihydropyridines is 1. The largest absolute Gasteiger partial charge is 0.353 e. The molecule has 1 aliphatic heterocycles. The SMILES string of the molecule is CC(=O)C1=C(C)NC(SCC(=O)Nc2nccs2)=C(C#N)[C@@H]1c1ccccc1Cl. The molecule has 0 fully saturated rings. The number of carbonyl (C=O) groups is 2. The van der Waals surface area contributed by atoms with Crippen LogP contribution >= 0.6 is 34.7 Å². The van der Waals surface area contributed by atoms with Crippen molar-refractivity contribution in [2.24, 2.45) is 0 Å². The number of anilines is 1. The van der Waals surface area contributed by atoms with Gasteiger partial charge >= 0.3 is 0 Å². The highest BCUT2D eigenvalue weighted by molar-refractivity contribution is 8.03. The summed E-state index contributed by atoms with van der Waals surface area (Å²) in [7, 11) is 0. The van der Waals surface area contributed by atoms with E-state index < -0.39 is 5.92 Å². The van der Waals surface area contributed by atoms with Gasteiger partial charge in [-0.1, -0.05) is 41.6 Å². The fourth-order valence-electron chi connectivity index (χ4n) is 3.09. The minimum Gasteiger partial charge on any atom is -0.353 e. The van der Waals surface area contributed by atoms with Crippen LogP contribution in [-0.2, 0) is 9.59 Å². The molecule has 0 saturated carbocycles. The van der Waals surface area contributed by atoms with Crippen LogP contribution in [0.15, 0.2) is 57.7 Å². The van der Waals surface area contributed by atoms with E-state index in [1.165, 1.54) is 30.0 Å². The second-order valence-corrected chi connectivity index (χ2v) is 8.49. The van der Waals surface area contributed by atoms with Crippen molar-refractivity contribution >= 4 is 51.5 Å². The van der Waals surface area contributed by atoms with Gasteiger partial charge in [0.1, 0.15) is 0 Å². The monoisotopic (exact) mass is 444 g/mol. The second kappa shape index (κ2) is 9.27. The number of nitrogens with one attached hydrogen (secondary N) is 2. The number of halogens is 1. The van der Waals surface area contributed by atoms with Gasteiger partial charge in [-0.3, -0.25) is 9.59 Å². The first kappa shape index (κ1) is 21.1. The number of benzene rings is 1. The number of aromatic nitrogens is 1. The Balaban J connectivity index is 1.92. The van der Waals surface area contributed by atoms with Gasteiger partial charge < -0.3 is 10.6 Å². The molecule has 0 unspecified atom stereocenters. The fourth-order valence-corrected chi connectivity index (χ4v) is 4.77. The van der Waals surface area contributed by atoms with Gasteiger partial charge in [0, 0.05) is 27.9 Å². The Morgan fingerprint density at radius 2 is 2.17 bits per heavy atom. The highest BCUT2D eigenvalue weighted by Crippen LogP contribution is 2.42. The molecule has 0 bridgehead atoms. The number of carbonyl (C=O) groups excluding carboxylic acids is 2. The van der Waals surface area contributed by atoms with E-state index in [-0.39, 0.29) is 17.4 Å². The number of ketones is 1. The molecule has 2 N–H and O–H groups in total. The lowest BCUT2D eigenvalue weighted by Crippen LogP contribution is -2.28. The molecule has 148 valence electrons. The lowest BCUT2D eigenvalue weighted by atomic mass is 9.81. The van der Waals surface area contributed by atoms with Crippen molar-refractivity contribution in [3.05, 3.63) is 68.3 Å². The molecule has 2 heterocycles. The minimum atomic E-state index is -0.586. The molecule has 1 amide bonds. The molecule has 0 aliphatic carbocycles. The second-order valence-electron chi connectivity index (χ2n) is 6.20. The summed E-state index contributed by atoms with van der Waals surface area (Å²) < 4.78 is 0. The molecule has 1 aliphatic rings. The van der Waals surface area contributed by atoms with E-state index in [1.807, 2.05) is 12.1 Å². The van der Waals surface area contributed by atoms with Gasteiger partial charge in [0.05, 0.1) is 28.3 Å². The predicted molar refractivity (Wildman–Crippen MR) is 117 cm³/mol. The quantitative estimate of drug-likeness (QED) is 0.683. The average Bonchev–Trinajstić information content (AvgIpc) is 3.18. The lowest BCUT2D eigenvalue weighted by molar-refractivity contribution is -0.114. The van der Waals surface area contributed by atoms with Gasteiger partial charge in [0.15, 0.2) is 10.9 Å².